The highest BCUT2D eigenvalue weighted by atomic mass is 79.9. The Balaban J connectivity index is 3.15. The molecule has 0 saturated carbocycles. The van der Waals surface area contributed by atoms with Crippen LogP contribution >= 0.6 is 27.7 Å². The van der Waals surface area contributed by atoms with Gasteiger partial charge in [-0.1, -0.05) is 0 Å². The van der Waals surface area contributed by atoms with Crippen molar-refractivity contribution in [2.24, 2.45) is 5.73 Å². The van der Waals surface area contributed by atoms with Crippen LogP contribution < -0.4 is 5.73 Å². The Morgan fingerprint density at radius 2 is 2.33 bits per heavy atom. The molecule has 0 atom stereocenters. The van der Waals surface area contributed by atoms with Gasteiger partial charge in [-0.15, -0.1) is 11.8 Å². The molecule has 0 aliphatic rings. The van der Waals surface area contributed by atoms with Gasteiger partial charge in [0.2, 0.25) is 5.91 Å². The SMILES string of the molecule is CSc1cc(C(N)=O)cc(Br)n1. The molecule has 0 aliphatic carbocycles. The first-order valence-corrected chi connectivity index (χ1v) is 5.16. The standard InChI is InChI=1S/C7H7BrN2OS/c1-12-6-3-4(7(9)11)2-5(8)10-6/h2-3H,1H3,(H2,9,11). The fraction of sp³-hybridized carbons (Fsp3) is 0.143. The largest absolute Gasteiger partial charge is 0.366 e. The second-order valence-corrected chi connectivity index (χ2v) is 3.72. The first-order chi connectivity index (χ1) is 5.63. The number of amides is 1. The molecule has 1 heterocycles. The van der Waals surface area contributed by atoms with Crippen molar-refractivity contribution in [1.29, 1.82) is 0 Å². The molecule has 64 valence electrons. The van der Waals surface area contributed by atoms with Crippen LogP contribution in [0.1, 0.15) is 10.4 Å². The van der Waals surface area contributed by atoms with Gasteiger partial charge in [0.25, 0.3) is 0 Å². The van der Waals surface area contributed by atoms with E-state index in [1.54, 1.807) is 12.1 Å². The van der Waals surface area contributed by atoms with Gasteiger partial charge in [0.15, 0.2) is 0 Å². The third-order valence-electron chi connectivity index (χ3n) is 1.26. The fourth-order valence-corrected chi connectivity index (χ4v) is 1.71. The highest BCUT2D eigenvalue weighted by Crippen LogP contribution is 2.17. The molecule has 0 aromatic carbocycles. The van der Waals surface area contributed by atoms with Gasteiger partial charge >= 0.3 is 0 Å². The Morgan fingerprint density at radius 1 is 1.67 bits per heavy atom. The monoisotopic (exact) mass is 246 g/mol. The predicted octanol–water partition coefficient (Wildman–Crippen LogP) is 1.66. The van der Waals surface area contributed by atoms with Gasteiger partial charge in [0, 0.05) is 5.56 Å². The molecule has 0 unspecified atom stereocenters. The van der Waals surface area contributed by atoms with Crippen LogP contribution in [0.2, 0.25) is 0 Å². The maximum atomic E-state index is 10.8. The number of pyridine rings is 1. The van der Waals surface area contributed by atoms with Crippen molar-refractivity contribution in [3.63, 3.8) is 0 Å². The summed E-state index contributed by atoms with van der Waals surface area (Å²) in [5.74, 6) is -0.437. The highest BCUT2D eigenvalue weighted by Gasteiger charge is 2.04. The summed E-state index contributed by atoms with van der Waals surface area (Å²) in [5, 5.41) is 0.776. The molecular weight excluding hydrogens is 240 g/mol. The van der Waals surface area contributed by atoms with Crippen molar-refractivity contribution >= 4 is 33.6 Å². The Hall–Kier alpha value is -0.550. The maximum absolute atomic E-state index is 10.8. The van der Waals surface area contributed by atoms with Crippen molar-refractivity contribution in [2.75, 3.05) is 6.26 Å². The predicted molar refractivity (Wildman–Crippen MR) is 52.2 cm³/mol. The van der Waals surface area contributed by atoms with Crippen LogP contribution in [0.15, 0.2) is 21.8 Å². The third kappa shape index (κ3) is 2.22. The lowest BCUT2D eigenvalue weighted by Crippen LogP contribution is -2.11. The van der Waals surface area contributed by atoms with Crippen LogP contribution in [0.4, 0.5) is 0 Å². The molecule has 0 aliphatic heterocycles. The Morgan fingerprint density at radius 3 is 2.83 bits per heavy atom. The Bertz CT molecular complexity index is 316. The molecule has 1 rings (SSSR count). The zero-order valence-corrected chi connectivity index (χ0v) is 8.78. The minimum absolute atomic E-state index is 0.437. The van der Waals surface area contributed by atoms with Gasteiger partial charge in [0.1, 0.15) is 4.60 Å². The number of nitrogens with two attached hydrogens (primary N) is 1. The van der Waals surface area contributed by atoms with Gasteiger partial charge in [-0.05, 0) is 34.3 Å². The van der Waals surface area contributed by atoms with Gasteiger partial charge in [0.05, 0.1) is 5.03 Å². The van der Waals surface area contributed by atoms with Crippen molar-refractivity contribution in [3.05, 3.63) is 22.3 Å². The molecule has 0 fully saturated rings. The molecule has 0 bridgehead atoms. The molecule has 2 N–H and O–H groups in total. The average molecular weight is 247 g/mol. The first kappa shape index (κ1) is 9.54. The minimum atomic E-state index is -0.437. The van der Waals surface area contributed by atoms with Crippen LogP contribution in [0.25, 0.3) is 0 Å². The van der Waals surface area contributed by atoms with Gasteiger partial charge in [-0.2, -0.15) is 0 Å². The topological polar surface area (TPSA) is 56.0 Å². The molecule has 12 heavy (non-hydrogen) atoms. The summed E-state index contributed by atoms with van der Waals surface area (Å²) in [6.07, 6.45) is 1.89. The number of thioether (sulfide) groups is 1. The van der Waals surface area contributed by atoms with E-state index in [-0.39, 0.29) is 0 Å². The zero-order chi connectivity index (χ0) is 9.14. The summed E-state index contributed by atoms with van der Waals surface area (Å²) >= 11 is 4.66. The number of halogens is 1. The average Bonchev–Trinajstić information content (AvgIpc) is 2.03. The van der Waals surface area contributed by atoms with Crippen molar-refractivity contribution < 1.29 is 4.79 Å². The van der Waals surface area contributed by atoms with E-state index in [0.29, 0.717) is 10.2 Å². The minimum Gasteiger partial charge on any atom is -0.366 e. The van der Waals surface area contributed by atoms with Crippen molar-refractivity contribution in [1.82, 2.24) is 4.98 Å². The lowest BCUT2D eigenvalue weighted by Gasteiger charge is -1.99. The number of hydrogen-bond acceptors (Lipinski definition) is 3. The van der Waals surface area contributed by atoms with Crippen molar-refractivity contribution in [2.45, 2.75) is 5.03 Å². The molecule has 1 aromatic heterocycles. The quantitative estimate of drug-likeness (QED) is 0.638. The van der Waals surface area contributed by atoms with E-state index >= 15 is 0 Å². The lowest BCUT2D eigenvalue weighted by molar-refractivity contribution is 0.1000. The van der Waals surface area contributed by atoms with E-state index in [0.717, 1.165) is 5.03 Å². The van der Waals surface area contributed by atoms with E-state index in [2.05, 4.69) is 20.9 Å². The van der Waals surface area contributed by atoms with Gasteiger partial charge in [-0.3, -0.25) is 4.79 Å². The number of primary amides is 1. The first-order valence-electron chi connectivity index (χ1n) is 3.15. The molecule has 3 nitrogen and oxygen atoms in total. The third-order valence-corrected chi connectivity index (χ3v) is 2.30. The number of carbonyl (C=O) groups is 1. The summed E-state index contributed by atoms with van der Waals surface area (Å²) < 4.78 is 0.628. The summed E-state index contributed by atoms with van der Waals surface area (Å²) in [6, 6.07) is 3.26. The molecule has 0 spiro atoms. The number of aromatic nitrogens is 1. The van der Waals surface area contributed by atoms with E-state index in [1.807, 2.05) is 6.26 Å². The second kappa shape index (κ2) is 3.91. The number of nitrogens with zero attached hydrogens (tertiary/aromatic N) is 1. The summed E-state index contributed by atoms with van der Waals surface area (Å²) in [7, 11) is 0. The van der Waals surface area contributed by atoms with Gasteiger partial charge < -0.3 is 5.73 Å². The zero-order valence-electron chi connectivity index (χ0n) is 6.37. The van der Waals surface area contributed by atoms with Crippen LogP contribution in [-0.2, 0) is 0 Å². The molecule has 1 aromatic rings. The van der Waals surface area contributed by atoms with Gasteiger partial charge in [-0.25, -0.2) is 4.98 Å². The van der Waals surface area contributed by atoms with E-state index in [9.17, 15) is 4.79 Å². The summed E-state index contributed by atoms with van der Waals surface area (Å²) in [5.41, 5.74) is 5.58. The normalized spacial score (nSPS) is 9.83. The molecular formula is C7H7BrN2OS. The smallest absolute Gasteiger partial charge is 0.248 e. The molecule has 0 radical (unpaired) electrons. The maximum Gasteiger partial charge on any atom is 0.248 e. The number of carbonyl (C=O) groups excluding carboxylic acids is 1. The summed E-state index contributed by atoms with van der Waals surface area (Å²) in [6.45, 7) is 0. The van der Waals surface area contributed by atoms with Crippen LogP contribution in [0.5, 0.6) is 0 Å². The van der Waals surface area contributed by atoms with Crippen LogP contribution in [0.3, 0.4) is 0 Å². The molecule has 5 heteroatoms. The van der Waals surface area contributed by atoms with Crippen LogP contribution in [0, 0.1) is 0 Å². The fourth-order valence-electron chi connectivity index (χ4n) is 0.720. The second-order valence-electron chi connectivity index (χ2n) is 2.09. The van der Waals surface area contributed by atoms with Crippen LogP contribution in [-0.4, -0.2) is 17.1 Å². The molecule has 0 saturated heterocycles. The Labute approximate surface area is 82.9 Å². The number of hydrogen-bond donors (Lipinski definition) is 1. The van der Waals surface area contributed by atoms with E-state index in [4.69, 9.17) is 5.73 Å². The van der Waals surface area contributed by atoms with Crippen molar-refractivity contribution in [3.8, 4) is 0 Å². The lowest BCUT2D eigenvalue weighted by atomic mass is 10.3. The van der Waals surface area contributed by atoms with E-state index < -0.39 is 5.91 Å². The van der Waals surface area contributed by atoms with E-state index in [1.165, 1.54) is 11.8 Å². The molecule has 1 amide bonds. The Kier molecular flexibility index (Phi) is 3.11. The highest BCUT2D eigenvalue weighted by molar-refractivity contribution is 9.10. The number of rotatable bonds is 2. The summed E-state index contributed by atoms with van der Waals surface area (Å²) in [4.78, 5) is 14.9.